The highest BCUT2D eigenvalue weighted by atomic mass is 35.5. The first-order chi connectivity index (χ1) is 12.6. The molecule has 1 fully saturated rings. The van der Waals surface area contributed by atoms with Crippen LogP contribution in [0, 0.1) is 0 Å². The molecular formula is C21H25ClN2O2. The second-order valence-electron chi connectivity index (χ2n) is 6.89. The van der Waals surface area contributed by atoms with E-state index >= 15 is 0 Å². The average molecular weight is 373 g/mol. The summed E-state index contributed by atoms with van der Waals surface area (Å²) in [5, 5.41) is 13.7. The average Bonchev–Trinajstić information content (AvgIpc) is 2.65. The van der Waals surface area contributed by atoms with Crippen LogP contribution in [0.25, 0.3) is 0 Å². The van der Waals surface area contributed by atoms with E-state index in [-0.39, 0.29) is 6.04 Å². The molecule has 26 heavy (non-hydrogen) atoms. The van der Waals surface area contributed by atoms with Crippen molar-refractivity contribution in [1.82, 2.24) is 10.2 Å². The van der Waals surface area contributed by atoms with Gasteiger partial charge in [0.2, 0.25) is 0 Å². The minimum atomic E-state index is -0.785. The molecule has 0 bridgehead atoms. The predicted octanol–water partition coefficient (Wildman–Crippen LogP) is 3.59. The maximum atomic E-state index is 11.6. The Morgan fingerprint density at radius 3 is 2.42 bits per heavy atom. The molecule has 1 aliphatic heterocycles. The molecule has 0 radical (unpaired) electrons. The third kappa shape index (κ3) is 5.31. The van der Waals surface area contributed by atoms with Crippen molar-refractivity contribution in [1.29, 1.82) is 0 Å². The lowest BCUT2D eigenvalue weighted by Crippen LogP contribution is -2.49. The standard InChI is InChI=1S/C21H25ClN2O2/c22-19-9-5-4-8-17(19)15-24-12-10-18(11-13-24)23-20(21(25)26)14-16-6-2-1-3-7-16/h1-9,18,20,23H,10-15H2,(H,25,26)/t20-/m1/s1. The van der Waals surface area contributed by atoms with Crippen LogP contribution in [0.3, 0.4) is 0 Å². The van der Waals surface area contributed by atoms with Gasteiger partial charge in [-0.2, -0.15) is 0 Å². The first kappa shape index (κ1) is 18.9. The number of carbonyl (C=O) groups is 1. The number of halogens is 1. The lowest BCUT2D eigenvalue weighted by Gasteiger charge is -2.34. The molecule has 1 saturated heterocycles. The topological polar surface area (TPSA) is 52.6 Å². The summed E-state index contributed by atoms with van der Waals surface area (Å²) in [4.78, 5) is 14.0. The highest BCUT2D eigenvalue weighted by Crippen LogP contribution is 2.20. The lowest BCUT2D eigenvalue weighted by molar-refractivity contribution is -0.139. The van der Waals surface area contributed by atoms with Gasteiger partial charge in [0.15, 0.2) is 0 Å². The van der Waals surface area contributed by atoms with Crippen molar-refractivity contribution < 1.29 is 9.90 Å². The van der Waals surface area contributed by atoms with E-state index in [1.54, 1.807) is 0 Å². The molecule has 0 aliphatic carbocycles. The Labute approximate surface area is 159 Å². The van der Waals surface area contributed by atoms with Gasteiger partial charge in [0.1, 0.15) is 6.04 Å². The Hall–Kier alpha value is -1.88. The van der Waals surface area contributed by atoms with Gasteiger partial charge in [-0.15, -0.1) is 0 Å². The summed E-state index contributed by atoms with van der Waals surface area (Å²) in [6.45, 7) is 2.74. The summed E-state index contributed by atoms with van der Waals surface area (Å²) in [5.41, 5.74) is 2.19. The predicted molar refractivity (Wildman–Crippen MR) is 104 cm³/mol. The van der Waals surface area contributed by atoms with Crippen LogP contribution < -0.4 is 5.32 Å². The number of piperidine rings is 1. The Balaban J connectivity index is 1.50. The molecule has 0 unspecified atom stereocenters. The zero-order valence-corrected chi connectivity index (χ0v) is 15.5. The smallest absolute Gasteiger partial charge is 0.321 e. The van der Waals surface area contributed by atoms with Crippen molar-refractivity contribution >= 4 is 17.6 Å². The number of carboxylic acid groups (broad SMARTS) is 1. The van der Waals surface area contributed by atoms with Crippen molar-refractivity contribution in [2.45, 2.75) is 37.9 Å². The van der Waals surface area contributed by atoms with Gasteiger partial charge in [0, 0.05) is 17.6 Å². The largest absolute Gasteiger partial charge is 0.480 e. The molecule has 138 valence electrons. The van der Waals surface area contributed by atoms with Gasteiger partial charge in [0.05, 0.1) is 0 Å². The summed E-state index contributed by atoms with van der Waals surface area (Å²) in [7, 11) is 0. The molecule has 1 atom stereocenters. The van der Waals surface area contributed by atoms with Crippen molar-refractivity contribution in [3.05, 3.63) is 70.7 Å². The highest BCUT2D eigenvalue weighted by Gasteiger charge is 2.25. The molecule has 4 nitrogen and oxygen atoms in total. The zero-order chi connectivity index (χ0) is 18.4. The molecule has 5 heteroatoms. The fourth-order valence-electron chi connectivity index (χ4n) is 3.48. The van der Waals surface area contributed by atoms with Gasteiger partial charge in [0.25, 0.3) is 0 Å². The summed E-state index contributed by atoms with van der Waals surface area (Å²) in [5.74, 6) is -0.785. The monoisotopic (exact) mass is 372 g/mol. The van der Waals surface area contributed by atoms with E-state index in [0.717, 1.165) is 48.6 Å². The van der Waals surface area contributed by atoms with Crippen molar-refractivity contribution in [3.8, 4) is 0 Å². The minimum absolute atomic E-state index is 0.238. The molecule has 3 rings (SSSR count). The van der Waals surface area contributed by atoms with Gasteiger partial charge in [-0.1, -0.05) is 60.1 Å². The summed E-state index contributed by atoms with van der Waals surface area (Å²) >= 11 is 6.25. The Morgan fingerprint density at radius 1 is 1.12 bits per heavy atom. The van der Waals surface area contributed by atoms with Crippen LogP contribution >= 0.6 is 11.6 Å². The SMILES string of the molecule is O=C(O)[C@@H](Cc1ccccc1)NC1CCN(Cc2ccccc2Cl)CC1. The quantitative estimate of drug-likeness (QED) is 0.779. The van der Waals surface area contributed by atoms with Gasteiger partial charge < -0.3 is 10.4 Å². The molecule has 1 heterocycles. The summed E-state index contributed by atoms with van der Waals surface area (Å²) in [6, 6.07) is 17.4. The van der Waals surface area contributed by atoms with Crippen molar-refractivity contribution in [2.75, 3.05) is 13.1 Å². The number of rotatable bonds is 7. The van der Waals surface area contributed by atoms with E-state index in [2.05, 4.69) is 16.3 Å². The van der Waals surface area contributed by atoms with E-state index in [0.29, 0.717) is 6.42 Å². The molecule has 0 spiro atoms. The van der Waals surface area contributed by atoms with Crippen LogP contribution in [0.4, 0.5) is 0 Å². The maximum Gasteiger partial charge on any atom is 0.321 e. The number of aliphatic carboxylic acids is 1. The lowest BCUT2D eigenvalue weighted by atomic mass is 10.0. The molecule has 2 aromatic carbocycles. The van der Waals surface area contributed by atoms with Crippen molar-refractivity contribution in [3.63, 3.8) is 0 Å². The van der Waals surface area contributed by atoms with Crippen LogP contribution in [-0.2, 0) is 17.8 Å². The number of nitrogens with zero attached hydrogens (tertiary/aromatic N) is 1. The van der Waals surface area contributed by atoms with Gasteiger partial charge in [-0.3, -0.25) is 9.69 Å². The van der Waals surface area contributed by atoms with E-state index in [4.69, 9.17) is 11.6 Å². The molecule has 0 amide bonds. The number of nitrogens with one attached hydrogen (secondary N) is 1. The second kappa shape index (κ2) is 9.17. The normalized spacial score (nSPS) is 17.1. The van der Waals surface area contributed by atoms with Gasteiger partial charge >= 0.3 is 5.97 Å². The number of hydrogen-bond donors (Lipinski definition) is 2. The molecule has 0 saturated carbocycles. The number of benzene rings is 2. The van der Waals surface area contributed by atoms with Crippen LogP contribution in [0.15, 0.2) is 54.6 Å². The minimum Gasteiger partial charge on any atom is -0.480 e. The number of hydrogen-bond acceptors (Lipinski definition) is 3. The summed E-state index contributed by atoms with van der Waals surface area (Å²) in [6.07, 6.45) is 2.40. The molecule has 2 aromatic rings. The van der Waals surface area contributed by atoms with E-state index in [9.17, 15) is 9.90 Å². The van der Waals surface area contributed by atoms with Gasteiger partial charge in [-0.05, 0) is 49.5 Å². The number of likely N-dealkylation sites (tertiary alicyclic amines) is 1. The van der Waals surface area contributed by atoms with E-state index in [1.165, 1.54) is 0 Å². The first-order valence-corrected chi connectivity index (χ1v) is 9.48. The Kier molecular flexibility index (Phi) is 6.67. The number of carboxylic acids is 1. The zero-order valence-electron chi connectivity index (χ0n) is 14.8. The Bertz CT molecular complexity index is 715. The van der Waals surface area contributed by atoms with E-state index < -0.39 is 12.0 Å². The third-order valence-corrected chi connectivity index (χ3v) is 5.33. The fourth-order valence-corrected chi connectivity index (χ4v) is 3.67. The third-order valence-electron chi connectivity index (χ3n) is 4.96. The first-order valence-electron chi connectivity index (χ1n) is 9.10. The van der Waals surface area contributed by atoms with Gasteiger partial charge in [-0.25, -0.2) is 0 Å². The highest BCUT2D eigenvalue weighted by molar-refractivity contribution is 6.31. The maximum absolute atomic E-state index is 11.6. The van der Waals surface area contributed by atoms with Crippen LogP contribution in [0.1, 0.15) is 24.0 Å². The second-order valence-corrected chi connectivity index (χ2v) is 7.30. The summed E-state index contributed by atoms with van der Waals surface area (Å²) < 4.78 is 0. The molecule has 0 aromatic heterocycles. The van der Waals surface area contributed by atoms with Crippen LogP contribution in [0.2, 0.25) is 5.02 Å². The molecule has 1 aliphatic rings. The van der Waals surface area contributed by atoms with E-state index in [1.807, 2.05) is 48.5 Å². The Morgan fingerprint density at radius 2 is 1.77 bits per heavy atom. The van der Waals surface area contributed by atoms with Crippen molar-refractivity contribution in [2.24, 2.45) is 0 Å². The van der Waals surface area contributed by atoms with Crippen LogP contribution in [-0.4, -0.2) is 41.1 Å². The fraction of sp³-hybridized carbons (Fsp3) is 0.381. The molecule has 2 N–H and O–H groups in total. The van der Waals surface area contributed by atoms with Crippen LogP contribution in [0.5, 0.6) is 0 Å². The molecular weight excluding hydrogens is 348 g/mol.